The molecule has 0 heterocycles. The van der Waals surface area contributed by atoms with Crippen LogP contribution in [0, 0.1) is 41.2 Å². The molecule has 162 valence electrons. The maximum absolute atomic E-state index is 14.2. The minimum absolute atomic E-state index is 0.00222. The van der Waals surface area contributed by atoms with Crippen LogP contribution in [0.25, 0.3) is 0 Å². The third kappa shape index (κ3) is 4.88. The second-order valence-electron chi connectivity index (χ2n) is 9.58. The van der Waals surface area contributed by atoms with E-state index in [1.165, 1.54) is 69.9 Å². The Morgan fingerprint density at radius 1 is 0.690 bits per heavy atom. The quantitative estimate of drug-likeness (QED) is 0.478. The van der Waals surface area contributed by atoms with Gasteiger partial charge in [-0.25, -0.2) is 0 Å². The SMILES string of the molecule is CCOc1ccc(OCC2CCC(C3CCC(C4CCC4)CC3)CC2)c(F)c1F. The van der Waals surface area contributed by atoms with Crippen molar-refractivity contribution in [3.05, 3.63) is 23.8 Å². The standard InChI is InChI=1S/C25H36F2O2/c1-2-28-22-14-15-23(25(27)24(22)26)29-16-17-6-8-19(9-7-17)21-12-10-20(11-13-21)18-4-3-5-18/h14-15,17-21H,2-13,16H2,1H3. The lowest BCUT2D eigenvalue weighted by atomic mass is 9.64. The van der Waals surface area contributed by atoms with E-state index in [4.69, 9.17) is 9.47 Å². The fraction of sp³-hybridized carbons (Fsp3) is 0.760. The molecular formula is C25H36F2O2. The lowest BCUT2D eigenvalue weighted by molar-refractivity contribution is 0.0900. The Morgan fingerprint density at radius 3 is 1.59 bits per heavy atom. The van der Waals surface area contributed by atoms with Crippen LogP contribution >= 0.6 is 0 Å². The summed E-state index contributed by atoms with van der Waals surface area (Å²) in [5, 5.41) is 0. The molecule has 3 saturated carbocycles. The number of hydrogen-bond donors (Lipinski definition) is 0. The first-order valence-corrected chi connectivity index (χ1v) is 11.9. The van der Waals surface area contributed by atoms with Gasteiger partial charge in [0, 0.05) is 0 Å². The van der Waals surface area contributed by atoms with Crippen LogP contribution in [0.1, 0.15) is 77.6 Å². The van der Waals surface area contributed by atoms with Crippen molar-refractivity contribution in [2.45, 2.75) is 77.6 Å². The molecule has 1 aromatic rings. The predicted octanol–water partition coefficient (Wildman–Crippen LogP) is 7.16. The van der Waals surface area contributed by atoms with Gasteiger partial charge in [0.25, 0.3) is 0 Å². The van der Waals surface area contributed by atoms with Crippen molar-refractivity contribution in [2.75, 3.05) is 13.2 Å². The van der Waals surface area contributed by atoms with Crippen molar-refractivity contribution in [3.63, 3.8) is 0 Å². The molecule has 0 unspecified atom stereocenters. The van der Waals surface area contributed by atoms with Crippen molar-refractivity contribution in [2.24, 2.45) is 29.6 Å². The molecule has 4 rings (SSSR count). The van der Waals surface area contributed by atoms with Gasteiger partial charge in [0.1, 0.15) is 0 Å². The van der Waals surface area contributed by atoms with E-state index in [0.717, 1.165) is 36.5 Å². The Balaban J connectivity index is 1.20. The zero-order chi connectivity index (χ0) is 20.2. The Kier molecular flexibility index (Phi) is 6.97. The Labute approximate surface area is 174 Å². The minimum atomic E-state index is -0.953. The van der Waals surface area contributed by atoms with E-state index in [-0.39, 0.29) is 11.5 Å². The molecule has 0 N–H and O–H groups in total. The normalized spacial score (nSPS) is 30.6. The largest absolute Gasteiger partial charge is 0.491 e. The second-order valence-corrected chi connectivity index (χ2v) is 9.58. The average molecular weight is 407 g/mol. The van der Waals surface area contributed by atoms with Gasteiger partial charge < -0.3 is 9.47 Å². The van der Waals surface area contributed by atoms with Crippen molar-refractivity contribution < 1.29 is 18.3 Å². The van der Waals surface area contributed by atoms with Gasteiger partial charge in [-0.2, -0.15) is 8.78 Å². The average Bonchev–Trinajstić information content (AvgIpc) is 2.71. The molecule has 0 aliphatic heterocycles. The first kappa shape index (κ1) is 20.9. The molecule has 4 heteroatoms. The van der Waals surface area contributed by atoms with Crippen molar-refractivity contribution >= 4 is 0 Å². The molecular weight excluding hydrogens is 370 g/mol. The second kappa shape index (κ2) is 9.66. The van der Waals surface area contributed by atoms with Gasteiger partial charge in [-0.1, -0.05) is 19.3 Å². The van der Waals surface area contributed by atoms with E-state index in [1.807, 2.05) is 0 Å². The van der Waals surface area contributed by atoms with Crippen LogP contribution in [-0.4, -0.2) is 13.2 Å². The van der Waals surface area contributed by atoms with Gasteiger partial charge in [0.15, 0.2) is 11.5 Å². The number of hydrogen-bond acceptors (Lipinski definition) is 2. The molecule has 0 spiro atoms. The highest BCUT2D eigenvalue weighted by atomic mass is 19.2. The number of rotatable bonds is 7. The third-order valence-corrected chi connectivity index (χ3v) is 7.98. The molecule has 0 radical (unpaired) electrons. The summed E-state index contributed by atoms with van der Waals surface area (Å²) in [4.78, 5) is 0. The predicted molar refractivity (Wildman–Crippen MR) is 111 cm³/mol. The molecule has 0 saturated heterocycles. The molecule has 0 atom stereocenters. The fourth-order valence-electron chi connectivity index (χ4n) is 5.93. The van der Waals surface area contributed by atoms with Crippen molar-refractivity contribution in [3.8, 4) is 11.5 Å². The molecule has 2 nitrogen and oxygen atoms in total. The van der Waals surface area contributed by atoms with Gasteiger partial charge in [-0.15, -0.1) is 0 Å². The Hall–Kier alpha value is -1.32. The molecule has 0 aromatic heterocycles. The molecule has 3 aliphatic rings. The Bertz CT molecular complexity index is 657. The molecule has 0 amide bonds. The maximum Gasteiger partial charge on any atom is 0.204 e. The highest BCUT2D eigenvalue weighted by Gasteiger charge is 2.35. The van der Waals surface area contributed by atoms with Crippen LogP contribution in [0.2, 0.25) is 0 Å². The van der Waals surface area contributed by atoms with Crippen LogP contribution in [-0.2, 0) is 0 Å². The Morgan fingerprint density at radius 2 is 1.14 bits per heavy atom. The molecule has 3 fully saturated rings. The van der Waals surface area contributed by atoms with E-state index in [9.17, 15) is 8.78 Å². The summed E-state index contributed by atoms with van der Waals surface area (Å²) < 4.78 is 38.9. The van der Waals surface area contributed by atoms with Gasteiger partial charge in [0.05, 0.1) is 13.2 Å². The topological polar surface area (TPSA) is 18.5 Å². The van der Waals surface area contributed by atoms with Crippen molar-refractivity contribution in [1.29, 1.82) is 0 Å². The van der Waals surface area contributed by atoms with E-state index >= 15 is 0 Å². The summed E-state index contributed by atoms with van der Waals surface area (Å²) in [7, 11) is 0. The van der Waals surface area contributed by atoms with Gasteiger partial charge in [0.2, 0.25) is 11.6 Å². The van der Waals surface area contributed by atoms with E-state index in [2.05, 4.69) is 0 Å². The smallest absolute Gasteiger partial charge is 0.204 e. The molecule has 29 heavy (non-hydrogen) atoms. The highest BCUT2D eigenvalue weighted by Crippen LogP contribution is 2.46. The number of halogens is 2. The van der Waals surface area contributed by atoms with Crippen LogP contribution in [0.5, 0.6) is 11.5 Å². The number of ether oxygens (including phenoxy) is 2. The summed E-state index contributed by atoms with van der Waals surface area (Å²) >= 11 is 0. The van der Waals surface area contributed by atoms with E-state index in [1.54, 1.807) is 6.92 Å². The van der Waals surface area contributed by atoms with Crippen molar-refractivity contribution in [1.82, 2.24) is 0 Å². The van der Waals surface area contributed by atoms with E-state index < -0.39 is 11.6 Å². The summed E-state index contributed by atoms with van der Waals surface area (Å²) in [6.07, 6.45) is 15.1. The van der Waals surface area contributed by atoms with Crippen LogP contribution < -0.4 is 9.47 Å². The maximum atomic E-state index is 14.2. The number of benzene rings is 1. The summed E-state index contributed by atoms with van der Waals surface area (Å²) in [6.45, 7) is 2.53. The molecule has 3 aliphatic carbocycles. The highest BCUT2D eigenvalue weighted by molar-refractivity contribution is 5.35. The van der Waals surface area contributed by atoms with Gasteiger partial charge in [-0.05, 0) is 100 Å². The zero-order valence-electron chi connectivity index (χ0n) is 17.8. The summed E-state index contributed by atoms with van der Waals surface area (Å²) in [5.41, 5.74) is 0. The van der Waals surface area contributed by atoms with Crippen LogP contribution in [0.3, 0.4) is 0 Å². The van der Waals surface area contributed by atoms with Crippen LogP contribution in [0.4, 0.5) is 8.78 Å². The van der Waals surface area contributed by atoms with Gasteiger partial charge >= 0.3 is 0 Å². The summed E-state index contributed by atoms with van der Waals surface area (Å²) in [6, 6.07) is 2.93. The zero-order valence-corrected chi connectivity index (χ0v) is 17.8. The first-order valence-electron chi connectivity index (χ1n) is 11.9. The van der Waals surface area contributed by atoms with Crippen LogP contribution in [0.15, 0.2) is 12.1 Å². The molecule has 1 aromatic carbocycles. The van der Waals surface area contributed by atoms with E-state index in [0.29, 0.717) is 19.1 Å². The first-order chi connectivity index (χ1) is 14.2. The molecule has 0 bridgehead atoms. The lowest BCUT2D eigenvalue weighted by Gasteiger charge is -2.42. The summed E-state index contributed by atoms with van der Waals surface area (Å²) in [5.74, 6) is 2.38. The minimum Gasteiger partial charge on any atom is -0.491 e. The third-order valence-electron chi connectivity index (χ3n) is 7.98. The fourth-order valence-corrected chi connectivity index (χ4v) is 5.93. The van der Waals surface area contributed by atoms with Gasteiger partial charge in [-0.3, -0.25) is 0 Å². The monoisotopic (exact) mass is 406 g/mol. The lowest BCUT2D eigenvalue weighted by Crippen LogP contribution is -2.31.